The Balaban J connectivity index is 2.14. The number of hydrogen-bond acceptors (Lipinski definition) is 5. The van der Waals surface area contributed by atoms with Crippen LogP contribution in [0.25, 0.3) is 0 Å². The normalized spacial score (nSPS) is 9.96. The molecule has 8 nitrogen and oxygen atoms in total. The summed E-state index contributed by atoms with van der Waals surface area (Å²) < 4.78 is 0. The van der Waals surface area contributed by atoms with Crippen molar-refractivity contribution in [3.8, 4) is 0 Å². The molecule has 0 unspecified atom stereocenters. The zero-order chi connectivity index (χ0) is 17.0. The van der Waals surface area contributed by atoms with Crippen LogP contribution < -0.4 is 10.6 Å². The van der Waals surface area contributed by atoms with Crippen LogP contribution in [-0.2, 0) is 0 Å². The second-order valence-corrected chi connectivity index (χ2v) is 5.12. The summed E-state index contributed by atoms with van der Waals surface area (Å²) >= 11 is 11.0. The predicted octanol–water partition coefficient (Wildman–Crippen LogP) is 3.97. The number of nitrogens with zero attached hydrogens (tertiary/aromatic N) is 2. The third kappa shape index (κ3) is 4.34. The van der Waals surface area contributed by atoms with Gasteiger partial charge in [-0.05, 0) is 24.4 Å². The van der Waals surface area contributed by atoms with Crippen LogP contribution in [0.1, 0.15) is 0 Å². The quantitative estimate of drug-likeness (QED) is 0.486. The summed E-state index contributed by atoms with van der Waals surface area (Å²) in [6.07, 6.45) is 0. The van der Waals surface area contributed by atoms with Crippen LogP contribution in [0.4, 0.5) is 22.7 Å². The Kier molecular flexibility index (Phi) is 5.04. The Labute approximate surface area is 140 Å². The highest BCUT2D eigenvalue weighted by atomic mass is 35.5. The molecule has 2 rings (SSSR count). The fourth-order valence-corrected chi connectivity index (χ4v) is 2.10. The highest BCUT2D eigenvalue weighted by molar-refractivity contribution is 7.80. The fraction of sp³-hybridized carbons (Fsp3) is 0. The molecule has 0 aliphatic heterocycles. The number of rotatable bonds is 4. The van der Waals surface area contributed by atoms with Gasteiger partial charge >= 0.3 is 0 Å². The van der Waals surface area contributed by atoms with Gasteiger partial charge in [-0.3, -0.25) is 20.2 Å². The van der Waals surface area contributed by atoms with Crippen LogP contribution in [0.15, 0.2) is 42.5 Å². The molecule has 0 heterocycles. The molecule has 0 aliphatic rings. The Morgan fingerprint density at radius 2 is 1.65 bits per heavy atom. The first kappa shape index (κ1) is 16.6. The van der Waals surface area contributed by atoms with Gasteiger partial charge in [0.15, 0.2) is 5.11 Å². The monoisotopic (exact) mass is 352 g/mol. The molecule has 0 aromatic heterocycles. The molecule has 0 atom stereocenters. The molecule has 0 amide bonds. The highest BCUT2D eigenvalue weighted by Crippen LogP contribution is 2.27. The van der Waals surface area contributed by atoms with Crippen LogP contribution in [0.2, 0.25) is 5.02 Å². The van der Waals surface area contributed by atoms with E-state index in [2.05, 4.69) is 10.6 Å². The van der Waals surface area contributed by atoms with E-state index < -0.39 is 9.85 Å². The average Bonchev–Trinajstić information content (AvgIpc) is 2.49. The molecule has 23 heavy (non-hydrogen) atoms. The summed E-state index contributed by atoms with van der Waals surface area (Å²) in [4.78, 5) is 20.4. The molecular formula is C13H9ClN4O4S. The Hall–Kier alpha value is -2.78. The summed E-state index contributed by atoms with van der Waals surface area (Å²) in [6.45, 7) is 0. The molecule has 0 radical (unpaired) electrons. The number of nitro groups is 2. The first-order chi connectivity index (χ1) is 10.9. The van der Waals surface area contributed by atoms with Gasteiger partial charge in [-0.2, -0.15) is 0 Å². The van der Waals surface area contributed by atoms with Crippen molar-refractivity contribution < 1.29 is 9.85 Å². The Bertz CT molecular complexity index is 799. The lowest BCUT2D eigenvalue weighted by molar-refractivity contribution is -0.385. The molecule has 2 aromatic rings. The van der Waals surface area contributed by atoms with Crippen LogP contribution in [0, 0.1) is 20.2 Å². The Morgan fingerprint density at radius 3 is 2.30 bits per heavy atom. The van der Waals surface area contributed by atoms with E-state index in [1.54, 1.807) is 6.07 Å². The zero-order valence-electron chi connectivity index (χ0n) is 11.4. The molecule has 0 saturated carbocycles. The maximum atomic E-state index is 10.8. The van der Waals surface area contributed by atoms with E-state index in [1.165, 1.54) is 36.4 Å². The summed E-state index contributed by atoms with van der Waals surface area (Å²) in [5.41, 5.74) is 0.420. The number of anilines is 2. The average molecular weight is 353 g/mol. The molecule has 10 heteroatoms. The van der Waals surface area contributed by atoms with Crippen molar-refractivity contribution in [3.63, 3.8) is 0 Å². The highest BCUT2D eigenvalue weighted by Gasteiger charge is 2.11. The van der Waals surface area contributed by atoms with Crippen molar-refractivity contribution in [1.29, 1.82) is 0 Å². The summed E-state index contributed by atoms with van der Waals surface area (Å²) in [5, 5.41) is 27.3. The van der Waals surface area contributed by atoms with Crippen molar-refractivity contribution in [3.05, 3.63) is 67.7 Å². The minimum Gasteiger partial charge on any atom is -0.332 e. The summed E-state index contributed by atoms with van der Waals surface area (Å²) in [6, 6.07) is 9.63. The van der Waals surface area contributed by atoms with Crippen LogP contribution in [0.5, 0.6) is 0 Å². The van der Waals surface area contributed by atoms with Gasteiger partial charge in [0.1, 0.15) is 0 Å². The maximum Gasteiger partial charge on any atom is 0.271 e. The number of nitro benzene ring substituents is 2. The van der Waals surface area contributed by atoms with Gasteiger partial charge in [0.05, 0.1) is 20.6 Å². The third-order valence-electron chi connectivity index (χ3n) is 2.72. The first-order valence-electron chi connectivity index (χ1n) is 6.13. The molecule has 0 saturated heterocycles. The molecule has 2 aromatic carbocycles. The van der Waals surface area contributed by atoms with Crippen LogP contribution in [-0.4, -0.2) is 15.0 Å². The molecule has 0 fully saturated rings. The van der Waals surface area contributed by atoms with Crippen molar-refractivity contribution in [2.75, 3.05) is 10.6 Å². The summed E-state index contributed by atoms with van der Waals surface area (Å²) in [7, 11) is 0. The first-order valence-corrected chi connectivity index (χ1v) is 6.92. The van der Waals surface area contributed by atoms with Gasteiger partial charge in [-0.15, -0.1) is 0 Å². The van der Waals surface area contributed by atoms with Crippen LogP contribution in [0.3, 0.4) is 0 Å². The number of nitrogens with one attached hydrogen (secondary N) is 2. The lowest BCUT2D eigenvalue weighted by Crippen LogP contribution is -2.19. The summed E-state index contributed by atoms with van der Waals surface area (Å²) in [5.74, 6) is 0. The van der Waals surface area contributed by atoms with Gasteiger partial charge in [0, 0.05) is 30.0 Å². The fourth-order valence-electron chi connectivity index (χ4n) is 1.70. The number of hydrogen-bond donors (Lipinski definition) is 2. The van der Waals surface area contributed by atoms with Gasteiger partial charge in [-0.25, -0.2) is 0 Å². The molecule has 2 N–H and O–H groups in total. The lowest BCUT2D eigenvalue weighted by atomic mass is 10.2. The van der Waals surface area contributed by atoms with Crippen molar-refractivity contribution >= 4 is 51.7 Å². The smallest absolute Gasteiger partial charge is 0.271 e. The van der Waals surface area contributed by atoms with E-state index in [0.717, 1.165) is 0 Å². The zero-order valence-corrected chi connectivity index (χ0v) is 12.9. The topological polar surface area (TPSA) is 110 Å². The molecule has 0 bridgehead atoms. The SMILES string of the molecule is O=[N+]([O-])c1cccc(NC(=S)Nc2cc([N+](=O)[O-])ccc2Cl)c1. The van der Waals surface area contributed by atoms with E-state index in [-0.39, 0.29) is 27.2 Å². The van der Waals surface area contributed by atoms with Gasteiger partial charge in [0.25, 0.3) is 11.4 Å². The maximum absolute atomic E-state index is 10.8. The second-order valence-electron chi connectivity index (χ2n) is 4.31. The Morgan fingerprint density at radius 1 is 1.00 bits per heavy atom. The third-order valence-corrected chi connectivity index (χ3v) is 3.26. The molecule has 118 valence electrons. The van der Waals surface area contributed by atoms with E-state index in [9.17, 15) is 20.2 Å². The van der Waals surface area contributed by atoms with Gasteiger partial charge < -0.3 is 10.6 Å². The minimum atomic E-state index is -0.557. The number of benzene rings is 2. The minimum absolute atomic E-state index is 0.0906. The van der Waals surface area contributed by atoms with Crippen molar-refractivity contribution in [1.82, 2.24) is 0 Å². The second kappa shape index (κ2) is 6.99. The number of halogens is 1. The van der Waals surface area contributed by atoms with Crippen molar-refractivity contribution in [2.45, 2.75) is 0 Å². The number of thiocarbonyl (C=S) groups is 1. The lowest BCUT2D eigenvalue weighted by Gasteiger charge is -2.11. The van der Waals surface area contributed by atoms with Gasteiger partial charge in [-0.1, -0.05) is 17.7 Å². The number of non-ortho nitro benzene ring substituents is 2. The molecule has 0 spiro atoms. The van der Waals surface area contributed by atoms with Gasteiger partial charge in [0.2, 0.25) is 0 Å². The van der Waals surface area contributed by atoms with Crippen molar-refractivity contribution in [2.24, 2.45) is 0 Å². The largest absolute Gasteiger partial charge is 0.332 e. The van der Waals surface area contributed by atoms with E-state index in [4.69, 9.17) is 23.8 Å². The predicted molar refractivity (Wildman–Crippen MR) is 91.0 cm³/mol. The van der Waals surface area contributed by atoms with Crippen LogP contribution >= 0.6 is 23.8 Å². The molecule has 0 aliphatic carbocycles. The van der Waals surface area contributed by atoms with E-state index >= 15 is 0 Å². The van der Waals surface area contributed by atoms with E-state index in [0.29, 0.717) is 5.69 Å². The van der Waals surface area contributed by atoms with E-state index in [1.807, 2.05) is 0 Å². The molecular weight excluding hydrogens is 344 g/mol. The standard InChI is InChI=1S/C13H9ClN4O4S/c14-11-5-4-10(18(21)22)7-12(11)16-13(23)15-8-2-1-3-9(6-8)17(19)20/h1-7H,(H2,15,16,23).